The molecule has 3 heterocycles. The van der Waals surface area contributed by atoms with Gasteiger partial charge in [0, 0.05) is 44.0 Å². The summed E-state index contributed by atoms with van der Waals surface area (Å²) in [5, 5.41) is 102. The van der Waals surface area contributed by atoms with Crippen molar-refractivity contribution < 1.29 is 83.9 Å². The topological polar surface area (TPSA) is 370 Å². The van der Waals surface area contributed by atoms with Crippen molar-refractivity contribution >= 4 is 41.4 Å². The van der Waals surface area contributed by atoms with Crippen molar-refractivity contribution in [2.75, 3.05) is 46.9 Å². The molecule has 4 aromatic rings. The lowest BCUT2D eigenvalue weighted by Gasteiger charge is -2.34. The number of amides is 7. The van der Waals surface area contributed by atoms with Crippen molar-refractivity contribution in [2.24, 2.45) is 5.92 Å². The molecule has 13 N–H and O–H groups in total. The fourth-order valence-corrected chi connectivity index (χ4v) is 10.7. The summed E-state index contributed by atoms with van der Waals surface area (Å²) in [6.45, 7) is 5.69. The first-order valence-electron chi connectivity index (χ1n) is 29.3. The van der Waals surface area contributed by atoms with Gasteiger partial charge in [-0.25, -0.2) is 0 Å². The quantitative estimate of drug-likeness (QED) is 0.0567. The van der Waals surface area contributed by atoms with Crippen LogP contribution in [-0.4, -0.2) is 223 Å². The Morgan fingerprint density at radius 1 is 0.655 bits per heavy atom. The number of fused-ring (bicyclic) bond motifs is 2. The molecule has 5 unspecified atom stereocenters. The van der Waals surface area contributed by atoms with Gasteiger partial charge in [0.25, 0.3) is 5.91 Å². The largest absolute Gasteiger partial charge is 0.508 e. The maximum Gasteiger partial charge on any atom is 0.251 e. The number of nitrogens with zero attached hydrogens (tertiary/aromatic N) is 3. The van der Waals surface area contributed by atoms with E-state index in [-0.39, 0.29) is 36.6 Å². The second-order valence-corrected chi connectivity index (χ2v) is 22.9. The highest BCUT2D eigenvalue weighted by Gasteiger charge is 2.50. The van der Waals surface area contributed by atoms with Crippen LogP contribution in [-0.2, 0) is 33.5 Å². The zero-order valence-electron chi connectivity index (χ0n) is 49.6. The Morgan fingerprint density at radius 2 is 1.20 bits per heavy atom. The third kappa shape index (κ3) is 16.9. The van der Waals surface area contributed by atoms with E-state index < -0.39 is 152 Å². The number of hydrogen-bond acceptors (Lipinski definition) is 18. The van der Waals surface area contributed by atoms with Crippen LogP contribution in [0.4, 0.5) is 0 Å². The number of rotatable bonds is 18. The Kier molecular flexibility index (Phi) is 23.4. The second-order valence-electron chi connectivity index (χ2n) is 22.9. The highest BCUT2D eigenvalue weighted by Crippen LogP contribution is 2.30. The van der Waals surface area contributed by atoms with Gasteiger partial charge in [0.15, 0.2) is 6.23 Å². The highest BCUT2D eigenvalue weighted by molar-refractivity contribution is 6.00. The Labute approximate surface area is 504 Å². The Balaban J connectivity index is 1.22. The summed E-state index contributed by atoms with van der Waals surface area (Å²) in [5.74, 6) is -8.26. The number of carbonyl (C=O) groups excluding carboxylic acids is 7. The Hall–Kier alpha value is -7.59. The Morgan fingerprint density at radius 3 is 1.76 bits per heavy atom. The third-order valence-electron chi connectivity index (χ3n) is 15.9. The molecule has 0 spiro atoms. The number of phenols is 1. The van der Waals surface area contributed by atoms with E-state index in [1.165, 1.54) is 43.3 Å². The number of carbonyl (C=O) groups is 7. The second kappa shape index (κ2) is 30.4. The molecule has 87 heavy (non-hydrogen) atoms. The molecular weight excluding hydrogens is 1130 g/mol. The molecule has 7 rings (SSSR count). The number of ether oxygens (including phenoxy) is 2. The summed E-state index contributed by atoms with van der Waals surface area (Å²) >= 11 is 0. The van der Waals surface area contributed by atoms with E-state index in [0.29, 0.717) is 6.61 Å². The van der Waals surface area contributed by atoms with Gasteiger partial charge in [-0.3, -0.25) is 33.6 Å². The molecule has 0 aliphatic carbocycles. The normalized spacial score (nSPS) is 26.7. The van der Waals surface area contributed by atoms with E-state index in [0.717, 1.165) is 70.9 Å². The van der Waals surface area contributed by atoms with Gasteiger partial charge < -0.3 is 91.6 Å². The van der Waals surface area contributed by atoms with E-state index in [1.807, 2.05) is 48.5 Å². The smallest absolute Gasteiger partial charge is 0.251 e. The number of aliphatic hydroxyl groups excluding tert-OH is 7. The van der Waals surface area contributed by atoms with Crippen LogP contribution in [0.2, 0.25) is 0 Å². The van der Waals surface area contributed by atoms with Crippen molar-refractivity contribution in [1.82, 2.24) is 41.3 Å². The summed E-state index contributed by atoms with van der Waals surface area (Å²) in [4.78, 5) is 105. The third-order valence-corrected chi connectivity index (χ3v) is 15.9. The zero-order valence-corrected chi connectivity index (χ0v) is 49.6. The van der Waals surface area contributed by atoms with E-state index in [4.69, 9.17) is 9.47 Å². The maximum atomic E-state index is 14.8. The lowest BCUT2D eigenvalue weighted by molar-refractivity contribution is -0.149. The number of nitrogens with one attached hydrogen (secondary N) is 5. The fraction of sp³-hybridized carbons (Fsp3) is 0.500. The molecule has 472 valence electrons. The number of aromatic hydroxyl groups is 1. The lowest BCUT2D eigenvalue weighted by atomic mass is 9.96. The summed E-state index contributed by atoms with van der Waals surface area (Å²) in [6.07, 6.45) is -12.6. The predicted octanol–water partition coefficient (Wildman–Crippen LogP) is -0.341. The van der Waals surface area contributed by atoms with Crippen molar-refractivity contribution in [3.8, 4) is 33.8 Å². The number of phenolic OH excluding ortho intramolecular Hbond substituents is 1. The lowest BCUT2D eigenvalue weighted by Crippen LogP contribution is -2.64. The van der Waals surface area contributed by atoms with Gasteiger partial charge in [0.1, 0.15) is 66.1 Å². The molecule has 15 atom stereocenters. The Bertz CT molecular complexity index is 2990. The van der Waals surface area contributed by atoms with Crippen LogP contribution < -0.4 is 31.3 Å². The average molecular weight is 1210 g/mol. The molecule has 0 saturated carbocycles. The molecular formula is C62H82N8O17. The SMILES string of the molecule is CCCCCOc1ccc(-c2ccc(-c3ccc(C(=O)N[C@H]4C[C@@H](O)[C@@H](OCCN(C)C)NC(=O)C5[C@@H](O)[C@@H](C)CN5C(=O)C([C@@H](C)O)NC(=O)C([C@H](O)[C@@H](O)c5ccc(O)cc5)NC(=O)C5C[C@@H](O)CN5C(=O)C([C@@H](C)O)NC4=O)cc3)cc2)cc1. The molecule has 4 aromatic carbocycles. The van der Waals surface area contributed by atoms with Gasteiger partial charge in [0.05, 0.1) is 37.6 Å². The fourth-order valence-electron chi connectivity index (χ4n) is 10.7. The van der Waals surface area contributed by atoms with Crippen LogP contribution in [0.15, 0.2) is 97.1 Å². The first kappa shape index (κ1) is 66.9. The molecule has 25 heteroatoms. The number of unbranched alkanes of at least 4 members (excludes halogenated alkanes) is 2. The van der Waals surface area contributed by atoms with E-state index >= 15 is 0 Å². The van der Waals surface area contributed by atoms with Crippen molar-refractivity contribution in [3.63, 3.8) is 0 Å². The zero-order chi connectivity index (χ0) is 63.4. The minimum atomic E-state index is -2.29. The van der Waals surface area contributed by atoms with Gasteiger partial charge in [-0.1, -0.05) is 87.4 Å². The maximum absolute atomic E-state index is 14.8. The van der Waals surface area contributed by atoms with Gasteiger partial charge in [-0.05, 0) is 98.6 Å². The van der Waals surface area contributed by atoms with E-state index in [9.17, 15) is 74.4 Å². The number of benzene rings is 4. The molecule has 3 fully saturated rings. The minimum absolute atomic E-state index is 0.0451. The van der Waals surface area contributed by atoms with Crippen LogP contribution in [0.1, 0.15) is 81.8 Å². The van der Waals surface area contributed by atoms with Crippen molar-refractivity contribution in [3.05, 3.63) is 108 Å². The van der Waals surface area contributed by atoms with Crippen LogP contribution >= 0.6 is 0 Å². The minimum Gasteiger partial charge on any atom is -0.508 e. The summed E-state index contributed by atoms with van der Waals surface area (Å²) in [5.41, 5.74) is 3.47. The number of aliphatic hydroxyl groups is 7. The van der Waals surface area contributed by atoms with E-state index in [1.54, 1.807) is 31.1 Å². The van der Waals surface area contributed by atoms with E-state index in [2.05, 4.69) is 33.5 Å². The van der Waals surface area contributed by atoms with Crippen LogP contribution in [0, 0.1) is 5.92 Å². The molecule has 0 bridgehead atoms. The number of likely N-dealkylation sites (N-methyl/N-ethyl adjacent to an activating group) is 1. The summed E-state index contributed by atoms with van der Waals surface area (Å²) in [7, 11) is 3.43. The summed E-state index contributed by atoms with van der Waals surface area (Å²) in [6, 6.07) is 15.2. The molecule has 25 nitrogen and oxygen atoms in total. The highest BCUT2D eigenvalue weighted by atomic mass is 16.5. The van der Waals surface area contributed by atoms with Gasteiger partial charge in [0.2, 0.25) is 35.4 Å². The van der Waals surface area contributed by atoms with Gasteiger partial charge in [-0.2, -0.15) is 0 Å². The molecule has 3 aliphatic rings. The van der Waals surface area contributed by atoms with Crippen molar-refractivity contribution in [2.45, 2.75) is 145 Å². The van der Waals surface area contributed by atoms with Crippen LogP contribution in [0.3, 0.4) is 0 Å². The van der Waals surface area contributed by atoms with Gasteiger partial charge in [-0.15, -0.1) is 0 Å². The van der Waals surface area contributed by atoms with Gasteiger partial charge >= 0.3 is 0 Å². The molecule has 3 saturated heterocycles. The number of hydrogen-bond donors (Lipinski definition) is 13. The standard InChI is InChI=1S/C62H82N8O17/c1-7-8-9-27-86-44-24-20-39(21-25-44)37-12-10-36(11-13-37)38-14-16-41(17-15-38)55(79)63-45-30-47(75)60(87-28-26-68(5)6)67-59(83)51-52(76)33(2)31-70(51)62(85)49(35(4)72)65-58(82)50(54(78)53(77)40-18-22-42(73)23-19-40)66-57(81)46-29-43(74)32-69(46)61(84)48(34(3)71)64-56(45)80/h10-25,33-35,43,45-54,60,71-78H,7-9,26-32H2,1-6H3,(H,63,79)(H,64,80)(H,65,82)(H,66,81)(H,67,83)/t33-,34+,35+,43+,45-,46?,47+,48?,49?,50?,51?,52-,53-,54-,60+/m0/s1. The average Bonchev–Trinajstić information content (AvgIpc) is 2.34. The monoisotopic (exact) mass is 1210 g/mol. The predicted molar refractivity (Wildman–Crippen MR) is 316 cm³/mol. The first-order chi connectivity index (χ1) is 41.4. The van der Waals surface area contributed by atoms with Crippen LogP contribution in [0.25, 0.3) is 22.3 Å². The molecule has 0 radical (unpaired) electrons. The van der Waals surface area contributed by atoms with Crippen molar-refractivity contribution in [1.29, 1.82) is 0 Å². The molecule has 3 aliphatic heterocycles. The molecule has 7 amide bonds. The summed E-state index contributed by atoms with van der Waals surface area (Å²) < 4.78 is 11.9. The molecule has 0 aromatic heterocycles. The first-order valence-corrected chi connectivity index (χ1v) is 29.3. The van der Waals surface area contributed by atoms with Crippen LogP contribution in [0.5, 0.6) is 11.5 Å².